The van der Waals surface area contributed by atoms with E-state index < -0.39 is 5.97 Å². The Labute approximate surface area is 123 Å². The summed E-state index contributed by atoms with van der Waals surface area (Å²) in [5.74, 6) is -0.505. The van der Waals surface area contributed by atoms with Gasteiger partial charge >= 0.3 is 5.97 Å². The summed E-state index contributed by atoms with van der Waals surface area (Å²) in [7, 11) is 0. The number of carbonyl (C=O) groups is 2. The number of halogens is 1. The number of hydrogen-bond acceptors (Lipinski definition) is 2. The van der Waals surface area contributed by atoms with Gasteiger partial charge < -0.3 is 10.0 Å². The highest BCUT2D eigenvalue weighted by Gasteiger charge is 2.24. The van der Waals surface area contributed by atoms with Gasteiger partial charge in [-0.3, -0.25) is 9.59 Å². The van der Waals surface area contributed by atoms with Gasteiger partial charge in [-0.25, -0.2) is 0 Å². The van der Waals surface area contributed by atoms with Crippen LogP contribution >= 0.6 is 11.6 Å². The second-order valence-electron chi connectivity index (χ2n) is 5.19. The van der Waals surface area contributed by atoms with Crippen LogP contribution in [-0.2, 0) is 16.0 Å². The zero-order chi connectivity index (χ0) is 14.5. The summed E-state index contributed by atoms with van der Waals surface area (Å²) >= 11 is 6.05. The van der Waals surface area contributed by atoms with Gasteiger partial charge in [0, 0.05) is 24.5 Å². The van der Waals surface area contributed by atoms with Crippen LogP contribution in [0.15, 0.2) is 24.3 Å². The summed E-state index contributed by atoms with van der Waals surface area (Å²) in [4.78, 5) is 24.7. The Kier molecular flexibility index (Phi) is 5.01. The number of carbonyl (C=O) groups excluding carboxylic acids is 1. The number of carboxylic acids is 1. The summed E-state index contributed by atoms with van der Waals surface area (Å²) in [5, 5.41) is 9.38. The van der Waals surface area contributed by atoms with Crippen molar-refractivity contribution in [3.8, 4) is 0 Å². The van der Waals surface area contributed by atoms with Crippen LogP contribution < -0.4 is 0 Å². The van der Waals surface area contributed by atoms with Crippen LogP contribution in [-0.4, -0.2) is 35.0 Å². The number of piperidine rings is 1. The minimum Gasteiger partial charge on any atom is -0.481 e. The maximum absolute atomic E-state index is 12.2. The Morgan fingerprint density at radius 3 is 2.50 bits per heavy atom. The summed E-state index contributed by atoms with van der Waals surface area (Å²) in [5.41, 5.74) is 0.840. The average molecular weight is 296 g/mol. The van der Waals surface area contributed by atoms with Crippen molar-refractivity contribution in [3.05, 3.63) is 34.9 Å². The van der Waals surface area contributed by atoms with E-state index in [4.69, 9.17) is 16.7 Å². The lowest BCUT2D eigenvalue weighted by atomic mass is 9.93. The van der Waals surface area contributed by atoms with E-state index in [2.05, 4.69) is 0 Å². The topological polar surface area (TPSA) is 57.6 Å². The molecular formula is C15H18ClNO3. The molecule has 0 aliphatic carbocycles. The van der Waals surface area contributed by atoms with Crippen LogP contribution in [0.2, 0.25) is 5.02 Å². The van der Waals surface area contributed by atoms with Crippen molar-refractivity contribution in [2.75, 3.05) is 13.1 Å². The molecule has 0 aromatic heterocycles. The number of rotatable bonds is 4. The normalized spacial score (nSPS) is 16.1. The molecule has 1 aromatic rings. The maximum atomic E-state index is 12.2. The van der Waals surface area contributed by atoms with Crippen molar-refractivity contribution < 1.29 is 14.7 Å². The smallest absolute Gasteiger partial charge is 0.303 e. The van der Waals surface area contributed by atoms with Crippen LogP contribution in [0.4, 0.5) is 0 Å². The first-order valence-electron chi connectivity index (χ1n) is 6.79. The third-order valence-electron chi connectivity index (χ3n) is 3.73. The molecule has 1 N–H and O–H groups in total. The lowest BCUT2D eigenvalue weighted by Gasteiger charge is -2.31. The molecule has 0 atom stereocenters. The number of likely N-dealkylation sites (tertiary alicyclic amines) is 1. The lowest BCUT2D eigenvalue weighted by Crippen LogP contribution is -2.39. The summed E-state index contributed by atoms with van der Waals surface area (Å²) in [6.45, 7) is 1.28. The molecule has 20 heavy (non-hydrogen) atoms. The Balaban J connectivity index is 1.86. The van der Waals surface area contributed by atoms with Gasteiger partial charge in [0.15, 0.2) is 0 Å². The zero-order valence-corrected chi connectivity index (χ0v) is 12.0. The fourth-order valence-electron chi connectivity index (χ4n) is 2.55. The number of carboxylic acid groups (broad SMARTS) is 1. The molecule has 0 radical (unpaired) electrons. The fraction of sp³-hybridized carbons (Fsp3) is 0.467. The van der Waals surface area contributed by atoms with Gasteiger partial charge in [-0.1, -0.05) is 29.8 Å². The van der Waals surface area contributed by atoms with Gasteiger partial charge in [-0.2, -0.15) is 0 Å². The molecule has 1 aliphatic rings. The molecule has 1 heterocycles. The Bertz CT molecular complexity index is 496. The Morgan fingerprint density at radius 1 is 1.25 bits per heavy atom. The predicted octanol–water partition coefficient (Wildman–Crippen LogP) is 2.60. The van der Waals surface area contributed by atoms with Crippen LogP contribution in [0.5, 0.6) is 0 Å². The largest absolute Gasteiger partial charge is 0.481 e. The van der Waals surface area contributed by atoms with Crippen molar-refractivity contribution in [3.63, 3.8) is 0 Å². The molecule has 0 spiro atoms. The molecule has 108 valence electrons. The van der Waals surface area contributed by atoms with Crippen molar-refractivity contribution in [2.45, 2.75) is 25.7 Å². The molecule has 0 unspecified atom stereocenters. The minimum absolute atomic E-state index is 0.0619. The first-order chi connectivity index (χ1) is 9.56. The van der Waals surface area contributed by atoms with E-state index in [1.165, 1.54) is 0 Å². The number of nitrogens with zero attached hydrogens (tertiary/aromatic N) is 1. The molecule has 0 saturated carbocycles. The first-order valence-corrected chi connectivity index (χ1v) is 7.17. The highest BCUT2D eigenvalue weighted by Crippen LogP contribution is 2.22. The third kappa shape index (κ3) is 3.97. The highest BCUT2D eigenvalue weighted by molar-refractivity contribution is 6.31. The van der Waals surface area contributed by atoms with E-state index in [-0.39, 0.29) is 18.2 Å². The van der Waals surface area contributed by atoms with Gasteiger partial charge in [0.05, 0.1) is 6.42 Å². The predicted molar refractivity (Wildman–Crippen MR) is 76.7 cm³/mol. The van der Waals surface area contributed by atoms with Gasteiger partial charge in [0.1, 0.15) is 0 Å². The molecule has 5 heteroatoms. The van der Waals surface area contributed by atoms with Crippen LogP contribution in [0, 0.1) is 5.92 Å². The summed E-state index contributed by atoms with van der Waals surface area (Å²) < 4.78 is 0. The molecule has 1 amide bonds. The van der Waals surface area contributed by atoms with E-state index in [0.717, 1.165) is 18.4 Å². The van der Waals surface area contributed by atoms with E-state index in [1.807, 2.05) is 23.1 Å². The first kappa shape index (κ1) is 14.9. The molecule has 1 aromatic carbocycles. The van der Waals surface area contributed by atoms with Crippen molar-refractivity contribution in [1.29, 1.82) is 0 Å². The molecule has 1 fully saturated rings. The van der Waals surface area contributed by atoms with Crippen LogP contribution in [0.25, 0.3) is 0 Å². The van der Waals surface area contributed by atoms with Crippen molar-refractivity contribution in [2.24, 2.45) is 5.92 Å². The number of hydrogen-bond donors (Lipinski definition) is 1. The fourth-order valence-corrected chi connectivity index (χ4v) is 2.75. The van der Waals surface area contributed by atoms with Gasteiger partial charge in [-0.15, -0.1) is 0 Å². The Hall–Kier alpha value is -1.55. The lowest BCUT2D eigenvalue weighted by molar-refractivity contribution is -0.138. The minimum atomic E-state index is -0.758. The number of amides is 1. The van der Waals surface area contributed by atoms with Gasteiger partial charge in [-0.05, 0) is 30.4 Å². The standard InChI is InChI=1S/C15H18ClNO3/c16-13-4-2-1-3-12(13)10-14(18)17-7-5-11(6-8-17)9-15(19)20/h1-4,11H,5-10H2,(H,19,20). The van der Waals surface area contributed by atoms with E-state index in [1.54, 1.807) is 6.07 Å². The molecule has 4 nitrogen and oxygen atoms in total. The van der Waals surface area contributed by atoms with Crippen LogP contribution in [0.1, 0.15) is 24.8 Å². The third-order valence-corrected chi connectivity index (χ3v) is 4.10. The van der Waals surface area contributed by atoms with E-state index >= 15 is 0 Å². The second kappa shape index (κ2) is 6.75. The van der Waals surface area contributed by atoms with Gasteiger partial charge in [0.2, 0.25) is 5.91 Å². The molecule has 0 bridgehead atoms. The number of benzene rings is 1. The zero-order valence-electron chi connectivity index (χ0n) is 11.2. The molecule has 1 aliphatic heterocycles. The summed E-state index contributed by atoms with van der Waals surface area (Å²) in [6.07, 6.45) is 2.04. The van der Waals surface area contributed by atoms with Crippen molar-refractivity contribution >= 4 is 23.5 Å². The maximum Gasteiger partial charge on any atom is 0.303 e. The van der Waals surface area contributed by atoms with Gasteiger partial charge in [0.25, 0.3) is 0 Å². The Morgan fingerprint density at radius 2 is 1.90 bits per heavy atom. The van der Waals surface area contributed by atoms with E-state index in [0.29, 0.717) is 24.5 Å². The van der Waals surface area contributed by atoms with Crippen molar-refractivity contribution in [1.82, 2.24) is 4.90 Å². The SMILES string of the molecule is O=C(O)CC1CCN(C(=O)Cc2ccccc2Cl)CC1. The second-order valence-corrected chi connectivity index (χ2v) is 5.60. The quantitative estimate of drug-likeness (QED) is 0.929. The monoisotopic (exact) mass is 295 g/mol. The van der Waals surface area contributed by atoms with E-state index in [9.17, 15) is 9.59 Å². The molecular weight excluding hydrogens is 278 g/mol. The molecule has 1 saturated heterocycles. The number of aliphatic carboxylic acids is 1. The average Bonchev–Trinajstić information content (AvgIpc) is 2.41. The highest BCUT2D eigenvalue weighted by atomic mass is 35.5. The molecule has 2 rings (SSSR count). The summed E-state index contributed by atoms with van der Waals surface area (Å²) in [6, 6.07) is 7.35. The van der Waals surface area contributed by atoms with Crippen LogP contribution in [0.3, 0.4) is 0 Å².